The van der Waals surface area contributed by atoms with Crippen LogP contribution in [0.1, 0.15) is 46.5 Å². The lowest BCUT2D eigenvalue weighted by atomic mass is 9.97. The van der Waals surface area contributed by atoms with Crippen LogP contribution in [0.4, 0.5) is 0 Å². The van der Waals surface area contributed by atoms with Gasteiger partial charge in [0.05, 0.1) is 0 Å². The molecule has 1 rings (SSSR count). The van der Waals surface area contributed by atoms with E-state index in [-0.39, 0.29) is 5.92 Å². The third-order valence-corrected chi connectivity index (χ3v) is 3.91. The molecule has 0 radical (unpaired) electrons. The Kier molecular flexibility index (Phi) is 6.56. The highest BCUT2D eigenvalue weighted by Gasteiger charge is 2.23. The molecule has 1 heterocycles. The summed E-state index contributed by atoms with van der Waals surface area (Å²) < 4.78 is 0. The minimum atomic E-state index is 0.228. The zero-order valence-corrected chi connectivity index (χ0v) is 11.7. The predicted octanol–water partition coefficient (Wildman–Crippen LogP) is 2.27. The van der Waals surface area contributed by atoms with Crippen LogP contribution in [0.15, 0.2) is 0 Å². The van der Waals surface area contributed by atoms with Gasteiger partial charge in [-0.2, -0.15) is 0 Å². The molecule has 1 fully saturated rings. The maximum atomic E-state index is 12.3. The van der Waals surface area contributed by atoms with Crippen molar-refractivity contribution in [1.82, 2.24) is 10.2 Å². The zero-order valence-electron chi connectivity index (χ0n) is 11.7. The van der Waals surface area contributed by atoms with Gasteiger partial charge in [0.15, 0.2) is 0 Å². The van der Waals surface area contributed by atoms with Crippen LogP contribution in [0.3, 0.4) is 0 Å². The lowest BCUT2D eigenvalue weighted by molar-refractivity contribution is -0.136. The van der Waals surface area contributed by atoms with Crippen molar-refractivity contribution in [2.45, 2.75) is 46.5 Å². The average molecular weight is 240 g/mol. The summed E-state index contributed by atoms with van der Waals surface area (Å²) in [6.07, 6.45) is 4.45. The molecule has 17 heavy (non-hydrogen) atoms. The van der Waals surface area contributed by atoms with E-state index in [9.17, 15) is 4.79 Å². The Bertz CT molecular complexity index is 220. The fraction of sp³-hybridized carbons (Fsp3) is 0.929. The smallest absolute Gasteiger partial charge is 0.225 e. The Morgan fingerprint density at radius 1 is 1.35 bits per heavy atom. The van der Waals surface area contributed by atoms with E-state index in [1.54, 1.807) is 0 Å². The molecule has 1 aliphatic heterocycles. The van der Waals surface area contributed by atoms with Crippen LogP contribution in [0.25, 0.3) is 0 Å². The third kappa shape index (κ3) is 4.30. The monoisotopic (exact) mass is 240 g/mol. The van der Waals surface area contributed by atoms with Crippen molar-refractivity contribution in [1.29, 1.82) is 0 Å². The van der Waals surface area contributed by atoms with Crippen LogP contribution in [0.2, 0.25) is 0 Å². The van der Waals surface area contributed by atoms with E-state index in [4.69, 9.17) is 0 Å². The van der Waals surface area contributed by atoms with Gasteiger partial charge >= 0.3 is 0 Å². The first-order valence-electron chi connectivity index (χ1n) is 7.22. The second-order valence-corrected chi connectivity index (χ2v) is 5.10. The number of hydrogen-bond donors (Lipinski definition) is 1. The van der Waals surface area contributed by atoms with Gasteiger partial charge in [-0.1, -0.05) is 13.8 Å². The molecule has 1 aliphatic rings. The summed E-state index contributed by atoms with van der Waals surface area (Å²) in [5.41, 5.74) is 0. The summed E-state index contributed by atoms with van der Waals surface area (Å²) in [6.45, 7) is 10.3. The highest BCUT2D eigenvalue weighted by molar-refractivity contribution is 5.78. The summed E-state index contributed by atoms with van der Waals surface area (Å²) in [4.78, 5) is 14.4. The Morgan fingerprint density at radius 3 is 2.53 bits per heavy atom. The normalized spacial score (nSPS) is 20.6. The summed E-state index contributed by atoms with van der Waals surface area (Å²) in [5.74, 6) is 1.25. The Hall–Kier alpha value is -0.570. The summed E-state index contributed by atoms with van der Waals surface area (Å²) in [5, 5.41) is 3.42. The second kappa shape index (κ2) is 7.70. The van der Waals surface area contributed by atoms with Crippen LogP contribution in [0.5, 0.6) is 0 Å². The van der Waals surface area contributed by atoms with Crippen LogP contribution in [-0.2, 0) is 4.79 Å². The summed E-state index contributed by atoms with van der Waals surface area (Å²) in [6, 6.07) is 0. The topological polar surface area (TPSA) is 32.3 Å². The van der Waals surface area contributed by atoms with Gasteiger partial charge in [0.1, 0.15) is 0 Å². The number of carbonyl (C=O) groups excluding carboxylic acids is 1. The van der Waals surface area contributed by atoms with E-state index in [0.29, 0.717) is 11.8 Å². The first kappa shape index (κ1) is 14.5. The number of rotatable bonds is 6. The fourth-order valence-electron chi connectivity index (χ4n) is 2.66. The van der Waals surface area contributed by atoms with Crippen molar-refractivity contribution in [3.63, 3.8) is 0 Å². The molecule has 1 N–H and O–H groups in total. The lowest BCUT2D eigenvalue weighted by Gasteiger charge is -2.31. The van der Waals surface area contributed by atoms with Crippen molar-refractivity contribution in [2.75, 3.05) is 26.2 Å². The van der Waals surface area contributed by atoms with Crippen LogP contribution < -0.4 is 5.32 Å². The molecule has 3 heteroatoms. The van der Waals surface area contributed by atoms with Crippen molar-refractivity contribution in [2.24, 2.45) is 11.8 Å². The van der Waals surface area contributed by atoms with Gasteiger partial charge in [0.2, 0.25) is 5.91 Å². The quantitative estimate of drug-likeness (QED) is 0.772. The molecule has 0 aromatic carbocycles. The molecular weight excluding hydrogens is 212 g/mol. The number of piperidine rings is 1. The first-order chi connectivity index (χ1) is 8.22. The lowest BCUT2D eigenvalue weighted by Crippen LogP contribution is -2.43. The molecule has 0 aromatic heterocycles. The number of hydrogen-bond acceptors (Lipinski definition) is 2. The third-order valence-electron chi connectivity index (χ3n) is 3.91. The van der Waals surface area contributed by atoms with Crippen LogP contribution in [0, 0.1) is 11.8 Å². The molecular formula is C14H28N2O. The maximum Gasteiger partial charge on any atom is 0.225 e. The fourth-order valence-corrected chi connectivity index (χ4v) is 2.66. The minimum absolute atomic E-state index is 0.228. The Balaban J connectivity index is 2.48. The van der Waals surface area contributed by atoms with E-state index >= 15 is 0 Å². The summed E-state index contributed by atoms with van der Waals surface area (Å²) >= 11 is 0. The van der Waals surface area contributed by atoms with Gasteiger partial charge in [0.25, 0.3) is 0 Å². The predicted molar refractivity (Wildman–Crippen MR) is 71.9 cm³/mol. The van der Waals surface area contributed by atoms with E-state index in [1.165, 1.54) is 12.8 Å². The van der Waals surface area contributed by atoms with Crippen molar-refractivity contribution in [3.8, 4) is 0 Å². The number of nitrogens with zero attached hydrogens (tertiary/aromatic N) is 1. The van der Waals surface area contributed by atoms with Gasteiger partial charge in [0, 0.05) is 19.0 Å². The minimum Gasteiger partial charge on any atom is -0.342 e. The molecule has 0 aliphatic carbocycles. The molecule has 3 nitrogen and oxygen atoms in total. The number of nitrogens with one attached hydrogen (secondary N) is 1. The average Bonchev–Trinajstić information content (AvgIpc) is 2.38. The van der Waals surface area contributed by atoms with Crippen molar-refractivity contribution < 1.29 is 4.79 Å². The summed E-state index contributed by atoms with van der Waals surface area (Å²) in [7, 11) is 0. The number of amides is 1. The molecule has 0 bridgehead atoms. The SMILES string of the molecule is CCC(CC)C(=O)N(CC)CC1CCCNC1. The van der Waals surface area contributed by atoms with Gasteiger partial charge < -0.3 is 10.2 Å². The molecule has 0 aromatic rings. The second-order valence-electron chi connectivity index (χ2n) is 5.10. The molecule has 1 saturated heterocycles. The van der Waals surface area contributed by atoms with Gasteiger partial charge in [-0.3, -0.25) is 4.79 Å². The van der Waals surface area contributed by atoms with E-state index in [0.717, 1.165) is 39.0 Å². The van der Waals surface area contributed by atoms with Crippen LogP contribution >= 0.6 is 0 Å². The maximum absolute atomic E-state index is 12.3. The van der Waals surface area contributed by atoms with E-state index in [1.807, 2.05) is 0 Å². The largest absolute Gasteiger partial charge is 0.342 e. The van der Waals surface area contributed by atoms with Crippen molar-refractivity contribution >= 4 is 5.91 Å². The van der Waals surface area contributed by atoms with E-state index < -0.39 is 0 Å². The highest BCUT2D eigenvalue weighted by Crippen LogP contribution is 2.16. The molecule has 100 valence electrons. The zero-order chi connectivity index (χ0) is 12.7. The van der Waals surface area contributed by atoms with E-state index in [2.05, 4.69) is 31.0 Å². The van der Waals surface area contributed by atoms with Gasteiger partial charge in [-0.05, 0) is 51.6 Å². The highest BCUT2D eigenvalue weighted by atomic mass is 16.2. The molecule has 0 saturated carbocycles. The molecule has 1 unspecified atom stereocenters. The Morgan fingerprint density at radius 2 is 2.06 bits per heavy atom. The van der Waals surface area contributed by atoms with Crippen molar-refractivity contribution in [3.05, 3.63) is 0 Å². The molecule has 1 atom stereocenters. The van der Waals surface area contributed by atoms with Crippen LogP contribution in [-0.4, -0.2) is 37.0 Å². The molecule has 1 amide bonds. The molecule has 0 spiro atoms. The van der Waals surface area contributed by atoms with Gasteiger partial charge in [-0.15, -0.1) is 0 Å². The van der Waals surface area contributed by atoms with Gasteiger partial charge in [-0.25, -0.2) is 0 Å². The first-order valence-corrected chi connectivity index (χ1v) is 7.22. The Labute approximate surface area is 106 Å². The number of carbonyl (C=O) groups is 1. The standard InChI is InChI=1S/C14H28N2O/c1-4-13(5-2)14(17)16(6-3)11-12-8-7-9-15-10-12/h12-13,15H,4-11H2,1-3H3.